The maximum atomic E-state index is 5.53. The summed E-state index contributed by atoms with van der Waals surface area (Å²) in [5.41, 5.74) is 5.50. The van der Waals surface area contributed by atoms with Crippen molar-refractivity contribution in [1.29, 1.82) is 0 Å². The summed E-state index contributed by atoms with van der Waals surface area (Å²) in [6.07, 6.45) is 4.15. The van der Waals surface area contributed by atoms with E-state index in [0.29, 0.717) is 0 Å². The number of rotatable bonds is 5. The molecule has 6 heteroatoms. The van der Waals surface area contributed by atoms with Gasteiger partial charge in [0.1, 0.15) is 11.5 Å². The fraction of sp³-hybridized carbons (Fsp3) is 0.304. The molecule has 0 unspecified atom stereocenters. The highest BCUT2D eigenvalue weighted by atomic mass is 16.5. The Bertz CT molecular complexity index is 1150. The van der Waals surface area contributed by atoms with Crippen molar-refractivity contribution in [2.75, 3.05) is 31.2 Å². The lowest BCUT2D eigenvalue weighted by atomic mass is 10.1. The number of pyridine rings is 2. The van der Waals surface area contributed by atoms with Gasteiger partial charge in [-0.05, 0) is 36.8 Å². The molecule has 1 aliphatic rings. The first-order valence-electron chi connectivity index (χ1n) is 10.1. The van der Waals surface area contributed by atoms with Crippen molar-refractivity contribution in [3.63, 3.8) is 0 Å². The summed E-state index contributed by atoms with van der Waals surface area (Å²) in [6, 6.07) is 14.8. The zero-order valence-electron chi connectivity index (χ0n) is 16.6. The van der Waals surface area contributed by atoms with E-state index in [1.807, 2.05) is 6.07 Å². The number of hydrogen-bond donors (Lipinski definition) is 1. The molecular formula is C23H25N5O. The van der Waals surface area contributed by atoms with Gasteiger partial charge in [0.25, 0.3) is 0 Å². The van der Waals surface area contributed by atoms with Crippen molar-refractivity contribution >= 4 is 22.4 Å². The fourth-order valence-corrected chi connectivity index (χ4v) is 3.88. The van der Waals surface area contributed by atoms with Crippen LogP contribution >= 0.6 is 0 Å². The van der Waals surface area contributed by atoms with Gasteiger partial charge >= 0.3 is 0 Å². The van der Waals surface area contributed by atoms with Crippen molar-refractivity contribution in [2.45, 2.75) is 20.0 Å². The predicted molar refractivity (Wildman–Crippen MR) is 115 cm³/mol. The van der Waals surface area contributed by atoms with E-state index < -0.39 is 0 Å². The average molecular weight is 387 g/mol. The van der Waals surface area contributed by atoms with Gasteiger partial charge in [0.2, 0.25) is 0 Å². The molecule has 1 N–H and O–H groups in total. The first-order valence-corrected chi connectivity index (χ1v) is 10.1. The van der Waals surface area contributed by atoms with E-state index in [1.54, 1.807) is 0 Å². The molecule has 29 heavy (non-hydrogen) atoms. The van der Waals surface area contributed by atoms with Gasteiger partial charge in [0.05, 0.1) is 24.4 Å². The minimum atomic E-state index is 0.718. The Morgan fingerprint density at radius 2 is 1.90 bits per heavy atom. The molecule has 1 aromatic carbocycles. The second kappa shape index (κ2) is 7.81. The third-order valence-electron chi connectivity index (χ3n) is 5.38. The smallest absolute Gasteiger partial charge is 0.137 e. The highest BCUT2D eigenvalue weighted by molar-refractivity contribution is 5.81. The maximum Gasteiger partial charge on any atom is 0.137 e. The van der Waals surface area contributed by atoms with E-state index in [4.69, 9.17) is 14.7 Å². The fourth-order valence-electron chi connectivity index (χ4n) is 3.88. The number of hydrogen-bond acceptors (Lipinski definition) is 5. The topological polar surface area (TPSA) is 54.7 Å². The predicted octanol–water partition coefficient (Wildman–Crippen LogP) is 3.32. The number of ether oxygens (including phenoxy) is 1. The van der Waals surface area contributed by atoms with Gasteiger partial charge in [0.15, 0.2) is 0 Å². The van der Waals surface area contributed by atoms with Crippen LogP contribution in [0.3, 0.4) is 0 Å². The molecule has 5 rings (SSSR count). The van der Waals surface area contributed by atoms with Crippen LogP contribution in [0.2, 0.25) is 0 Å². The monoisotopic (exact) mass is 387 g/mol. The summed E-state index contributed by atoms with van der Waals surface area (Å²) in [7, 11) is 0. The molecule has 0 aliphatic carbocycles. The van der Waals surface area contributed by atoms with Gasteiger partial charge in [-0.2, -0.15) is 0 Å². The molecule has 1 fully saturated rings. The Morgan fingerprint density at radius 1 is 1.03 bits per heavy atom. The van der Waals surface area contributed by atoms with E-state index in [9.17, 15) is 0 Å². The summed E-state index contributed by atoms with van der Waals surface area (Å²) < 4.78 is 7.60. The van der Waals surface area contributed by atoms with E-state index in [-0.39, 0.29) is 0 Å². The molecule has 3 aromatic heterocycles. The molecule has 0 bridgehead atoms. The number of aromatic nitrogens is 3. The van der Waals surface area contributed by atoms with Crippen LogP contribution in [0.4, 0.5) is 5.82 Å². The van der Waals surface area contributed by atoms with Crippen LogP contribution in [0.1, 0.15) is 16.8 Å². The van der Waals surface area contributed by atoms with Crippen LogP contribution < -0.4 is 10.2 Å². The summed E-state index contributed by atoms with van der Waals surface area (Å²) in [5, 5.41) is 4.73. The molecule has 0 amide bonds. The Morgan fingerprint density at radius 3 is 2.79 bits per heavy atom. The Balaban J connectivity index is 1.37. The zero-order valence-corrected chi connectivity index (χ0v) is 16.6. The molecule has 0 radical (unpaired) electrons. The largest absolute Gasteiger partial charge is 0.378 e. The highest BCUT2D eigenvalue weighted by Gasteiger charge is 2.17. The van der Waals surface area contributed by atoms with Crippen LogP contribution in [-0.4, -0.2) is 40.7 Å². The summed E-state index contributed by atoms with van der Waals surface area (Å²) in [5.74, 6) is 1.06. The molecule has 1 saturated heterocycles. The quantitative estimate of drug-likeness (QED) is 0.569. The second-order valence-electron chi connectivity index (χ2n) is 7.57. The molecule has 6 nitrogen and oxygen atoms in total. The van der Waals surface area contributed by atoms with Gasteiger partial charge < -0.3 is 19.4 Å². The van der Waals surface area contributed by atoms with Crippen molar-refractivity contribution in [2.24, 2.45) is 0 Å². The maximum absolute atomic E-state index is 5.53. The van der Waals surface area contributed by atoms with Crippen molar-refractivity contribution in [3.8, 4) is 0 Å². The highest BCUT2D eigenvalue weighted by Crippen LogP contribution is 2.24. The third kappa shape index (κ3) is 3.81. The standard InChI is InChI=1S/C23H25N5O/c1-17-6-7-28-16-20(25-22(28)12-17)15-24-14-19-13-18-4-2-3-5-21(18)26-23(19)27-8-10-29-11-9-27/h2-7,12-13,16,24H,8-11,14-15H2,1H3. The number of nitrogens with one attached hydrogen (secondary N) is 1. The molecule has 0 atom stereocenters. The van der Waals surface area contributed by atoms with Crippen LogP contribution in [0.25, 0.3) is 16.6 Å². The van der Waals surface area contributed by atoms with Gasteiger partial charge in [0, 0.05) is 49.5 Å². The summed E-state index contributed by atoms with van der Waals surface area (Å²) in [4.78, 5) is 12.0. The number of anilines is 1. The first kappa shape index (κ1) is 18.1. The SMILES string of the molecule is Cc1ccn2cc(CNCc3cc4ccccc4nc3N3CCOCC3)nc2c1. The van der Waals surface area contributed by atoms with E-state index in [0.717, 1.165) is 62.1 Å². The number of morpholine rings is 1. The van der Waals surface area contributed by atoms with Gasteiger partial charge in [-0.15, -0.1) is 0 Å². The van der Waals surface area contributed by atoms with E-state index in [1.165, 1.54) is 16.5 Å². The number of nitrogens with zero attached hydrogens (tertiary/aromatic N) is 4. The first-order chi connectivity index (χ1) is 14.3. The number of imidazole rings is 1. The molecule has 0 saturated carbocycles. The normalized spacial score (nSPS) is 14.7. The number of fused-ring (bicyclic) bond motifs is 2. The Labute approximate surface area is 170 Å². The number of benzene rings is 1. The lowest BCUT2D eigenvalue weighted by Crippen LogP contribution is -2.37. The third-order valence-corrected chi connectivity index (χ3v) is 5.38. The summed E-state index contributed by atoms with van der Waals surface area (Å²) >= 11 is 0. The van der Waals surface area contributed by atoms with Crippen LogP contribution in [-0.2, 0) is 17.8 Å². The van der Waals surface area contributed by atoms with Gasteiger partial charge in [-0.25, -0.2) is 9.97 Å². The Kier molecular flexibility index (Phi) is 4.87. The van der Waals surface area contributed by atoms with Crippen LogP contribution in [0, 0.1) is 6.92 Å². The number of para-hydroxylation sites is 1. The average Bonchev–Trinajstić information content (AvgIpc) is 3.15. The van der Waals surface area contributed by atoms with Crippen molar-refractivity contribution in [3.05, 3.63) is 71.7 Å². The van der Waals surface area contributed by atoms with Crippen molar-refractivity contribution in [1.82, 2.24) is 19.7 Å². The van der Waals surface area contributed by atoms with Gasteiger partial charge in [-0.1, -0.05) is 18.2 Å². The molecule has 1 aliphatic heterocycles. The van der Waals surface area contributed by atoms with E-state index >= 15 is 0 Å². The van der Waals surface area contributed by atoms with Gasteiger partial charge in [-0.3, -0.25) is 0 Å². The summed E-state index contributed by atoms with van der Waals surface area (Å²) in [6.45, 7) is 6.82. The molecule has 4 heterocycles. The Hall–Kier alpha value is -2.96. The van der Waals surface area contributed by atoms with Crippen LogP contribution in [0.15, 0.2) is 54.9 Å². The molecule has 4 aromatic rings. The molecular weight excluding hydrogens is 362 g/mol. The zero-order chi connectivity index (χ0) is 19.6. The molecule has 148 valence electrons. The second-order valence-corrected chi connectivity index (χ2v) is 7.57. The van der Waals surface area contributed by atoms with E-state index in [2.05, 4.69) is 70.3 Å². The lowest BCUT2D eigenvalue weighted by Gasteiger charge is -2.30. The lowest BCUT2D eigenvalue weighted by molar-refractivity contribution is 0.122. The van der Waals surface area contributed by atoms with Crippen LogP contribution in [0.5, 0.6) is 0 Å². The minimum absolute atomic E-state index is 0.718. The minimum Gasteiger partial charge on any atom is -0.378 e. The number of aryl methyl sites for hydroxylation is 1. The molecule has 0 spiro atoms. The van der Waals surface area contributed by atoms with Crippen molar-refractivity contribution < 1.29 is 4.74 Å².